The Balaban J connectivity index is 2.40. The smallest absolute Gasteiger partial charge is 0.230 e. The summed E-state index contributed by atoms with van der Waals surface area (Å²) in [5.41, 5.74) is 0.0840. The number of rotatable bonds is 1. The Bertz CT molecular complexity index is 487. The number of hydrogen-bond donors (Lipinski definition) is 1. The van der Waals surface area contributed by atoms with E-state index in [1.165, 1.54) is 0 Å². The van der Waals surface area contributed by atoms with Gasteiger partial charge in [0.1, 0.15) is 11.6 Å². The molecule has 90 valence electrons. The van der Waals surface area contributed by atoms with Crippen molar-refractivity contribution in [2.24, 2.45) is 5.92 Å². The number of hydrogen-bond acceptors (Lipinski definition) is 2. The lowest BCUT2D eigenvalue weighted by Gasteiger charge is -2.27. The molecule has 1 N–H and O–H groups in total. The van der Waals surface area contributed by atoms with Crippen molar-refractivity contribution in [2.45, 2.75) is 19.3 Å². The Morgan fingerprint density at radius 1 is 1.29 bits per heavy atom. The predicted molar refractivity (Wildman–Crippen MR) is 56.0 cm³/mol. The second-order valence-corrected chi connectivity index (χ2v) is 4.18. The number of nitrogens with one attached hydrogen (secondary N) is 1. The van der Waals surface area contributed by atoms with Crippen molar-refractivity contribution in [3.63, 3.8) is 0 Å². The maximum atomic E-state index is 13.6. The van der Waals surface area contributed by atoms with Gasteiger partial charge in [0.2, 0.25) is 11.8 Å². The molecule has 0 aromatic heterocycles. The van der Waals surface area contributed by atoms with Crippen LogP contribution in [0.3, 0.4) is 0 Å². The average molecular weight is 239 g/mol. The molecular formula is C12H11F2NO2. The van der Waals surface area contributed by atoms with Crippen LogP contribution in [0.4, 0.5) is 8.78 Å². The van der Waals surface area contributed by atoms with Crippen molar-refractivity contribution in [3.05, 3.63) is 35.4 Å². The van der Waals surface area contributed by atoms with E-state index >= 15 is 0 Å². The third kappa shape index (κ3) is 2.18. The topological polar surface area (TPSA) is 46.2 Å². The van der Waals surface area contributed by atoms with Gasteiger partial charge in [-0.2, -0.15) is 0 Å². The number of carbonyl (C=O) groups is 2. The van der Waals surface area contributed by atoms with Gasteiger partial charge in [0.25, 0.3) is 0 Å². The van der Waals surface area contributed by atoms with E-state index in [1.54, 1.807) is 6.92 Å². The summed E-state index contributed by atoms with van der Waals surface area (Å²) in [5.74, 6) is -3.23. The molecule has 1 fully saturated rings. The highest BCUT2D eigenvalue weighted by Crippen LogP contribution is 2.32. The van der Waals surface area contributed by atoms with E-state index in [1.807, 2.05) is 0 Å². The third-order valence-corrected chi connectivity index (χ3v) is 3.04. The van der Waals surface area contributed by atoms with E-state index in [0.29, 0.717) is 0 Å². The number of benzene rings is 1. The monoisotopic (exact) mass is 239 g/mol. The molecule has 3 nitrogen and oxygen atoms in total. The fourth-order valence-electron chi connectivity index (χ4n) is 2.04. The highest BCUT2D eigenvalue weighted by atomic mass is 19.1. The Morgan fingerprint density at radius 2 is 2.00 bits per heavy atom. The maximum Gasteiger partial charge on any atom is 0.230 e. The molecule has 0 bridgehead atoms. The van der Waals surface area contributed by atoms with Crippen LogP contribution in [-0.4, -0.2) is 11.8 Å². The van der Waals surface area contributed by atoms with Crippen LogP contribution in [-0.2, 0) is 9.59 Å². The molecule has 1 aromatic carbocycles. The first-order valence-corrected chi connectivity index (χ1v) is 5.27. The van der Waals surface area contributed by atoms with Crippen LogP contribution in [0.25, 0.3) is 0 Å². The van der Waals surface area contributed by atoms with Crippen LogP contribution < -0.4 is 5.32 Å². The van der Waals surface area contributed by atoms with Gasteiger partial charge < -0.3 is 0 Å². The van der Waals surface area contributed by atoms with Gasteiger partial charge in [0, 0.05) is 18.3 Å². The standard InChI is InChI=1S/C12H11F2NO2/c1-6-8(5-11(16)15-12(6)17)9-4-7(13)2-3-10(9)14/h2-4,6,8H,5H2,1H3,(H,15,16,17). The summed E-state index contributed by atoms with van der Waals surface area (Å²) >= 11 is 0. The molecule has 0 spiro atoms. The average Bonchev–Trinajstić information content (AvgIpc) is 2.27. The summed E-state index contributed by atoms with van der Waals surface area (Å²) in [5, 5.41) is 2.17. The Morgan fingerprint density at radius 3 is 2.71 bits per heavy atom. The largest absolute Gasteiger partial charge is 0.296 e. The van der Waals surface area contributed by atoms with Crippen LogP contribution in [0.2, 0.25) is 0 Å². The molecule has 2 rings (SSSR count). The van der Waals surface area contributed by atoms with Crippen molar-refractivity contribution >= 4 is 11.8 Å². The van der Waals surface area contributed by atoms with E-state index in [2.05, 4.69) is 5.32 Å². The molecule has 1 aliphatic heterocycles. The number of imide groups is 1. The molecular weight excluding hydrogens is 228 g/mol. The van der Waals surface area contributed by atoms with E-state index in [9.17, 15) is 18.4 Å². The van der Waals surface area contributed by atoms with Crippen molar-refractivity contribution in [2.75, 3.05) is 0 Å². The molecule has 1 aromatic rings. The number of carbonyl (C=O) groups excluding carboxylic acids is 2. The summed E-state index contributed by atoms with van der Waals surface area (Å²) in [6.45, 7) is 1.59. The van der Waals surface area contributed by atoms with Crippen LogP contribution in [0.1, 0.15) is 24.8 Å². The predicted octanol–water partition coefficient (Wildman–Crippen LogP) is 1.73. The van der Waals surface area contributed by atoms with E-state index in [4.69, 9.17) is 0 Å². The van der Waals surface area contributed by atoms with Crippen molar-refractivity contribution < 1.29 is 18.4 Å². The molecule has 5 heteroatoms. The number of piperidine rings is 1. The zero-order valence-electron chi connectivity index (χ0n) is 9.17. The molecule has 2 amide bonds. The zero-order valence-corrected chi connectivity index (χ0v) is 9.17. The lowest BCUT2D eigenvalue weighted by molar-refractivity contribution is -0.136. The van der Waals surface area contributed by atoms with Crippen molar-refractivity contribution in [1.82, 2.24) is 5.32 Å². The van der Waals surface area contributed by atoms with Crippen LogP contribution >= 0.6 is 0 Å². The van der Waals surface area contributed by atoms with E-state index in [0.717, 1.165) is 18.2 Å². The van der Waals surface area contributed by atoms with Gasteiger partial charge in [-0.3, -0.25) is 14.9 Å². The summed E-state index contributed by atoms with van der Waals surface area (Å²) in [6.07, 6.45) is -0.00667. The molecule has 0 radical (unpaired) electrons. The Labute approximate surface area is 96.8 Å². The number of halogens is 2. The van der Waals surface area contributed by atoms with Crippen LogP contribution in [0, 0.1) is 17.6 Å². The van der Waals surface area contributed by atoms with Gasteiger partial charge >= 0.3 is 0 Å². The summed E-state index contributed by atoms with van der Waals surface area (Å²) < 4.78 is 26.6. The summed E-state index contributed by atoms with van der Waals surface area (Å²) in [6, 6.07) is 3.06. The van der Waals surface area contributed by atoms with Crippen molar-refractivity contribution in [3.8, 4) is 0 Å². The van der Waals surface area contributed by atoms with Gasteiger partial charge in [0.05, 0.1) is 0 Å². The fourth-order valence-corrected chi connectivity index (χ4v) is 2.04. The SMILES string of the molecule is CC1C(=O)NC(=O)CC1c1cc(F)ccc1F. The van der Waals surface area contributed by atoms with Gasteiger partial charge in [0.15, 0.2) is 0 Å². The van der Waals surface area contributed by atoms with Crippen molar-refractivity contribution in [1.29, 1.82) is 0 Å². The van der Waals surface area contributed by atoms with Crippen LogP contribution in [0.15, 0.2) is 18.2 Å². The molecule has 1 aliphatic rings. The summed E-state index contributed by atoms with van der Waals surface area (Å²) in [7, 11) is 0. The molecule has 1 saturated heterocycles. The minimum absolute atomic E-state index is 0.00667. The second-order valence-electron chi connectivity index (χ2n) is 4.18. The second kappa shape index (κ2) is 4.24. The highest BCUT2D eigenvalue weighted by molar-refractivity contribution is 5.99. The zero-order chi connectivity index (χ0) is 12.6. The summed E-state index contributed by atoms with van der Waals surface area (Å²) in [4.78, 5) is 22.7. The first-order valence-electron chi connectivity index (χ1n) is 5.27. The molecule has 17 heavy (non-hydrogen) atoms. The number of amides is 2. The Hall–Kier alpha value is -1.78. The molecule has 0 aliphatic carbocycles. The lowest BCUT2D eigenvalue weighted by atomic mass is 9.81. The minimum atomic E-state index is -0.605. The normalized spacial score (nSPS) is 24.6. The van der Waals surface area contributed by atoms with Gasteiger partial charge in [-0.1, -0.05) is 6.92 Å². The minimum Gasteiger partial charge on any atom is -0.296 e. The molecule has 2 unspecified atom stereocenters. The first-order chi connectivity index (χ1) is 7.99. The lowest BCUT2D eigenvalue weighted by Crippen LogP contribution is -2.43. The third-order valence-electron chi connectivity index (χ3n) is 3.04. The molecule has 1 heterocycles. The Kier molecular flexibility index (Phi) is 2.92. The van der Waals surface area contributed by atoms with Gasteiger partial charge in [-0.05, 0) is 23.8 Å². The maximum absolute atomic E-state index is 13.6. The fraction of sp³-hybridized carbons (Fsp3) is 0.333. The van der Waals surface area contributed by atoms with Gasteiger partial charge in [-0.15, -0.1) is 0 Å². The van der Waals surface area contributed by atoms with E-state index in [-0.39, 0.29) is 12.0 Å². The van der Waals surface area contributed by atoms with Crippen LogP contribution in [0.5, 0.6) is 0 Å². The molecule has 2 atom stereocenters. The quantitative estimate of drug-likeness (QED) is 0.758. The van der Waals surface area contributed by atoms with Gasteiger partial charge in [-0.25, -0.2) is 8.78 Å². The molecule has 0 saturated carbocycles. The highest BCUT2D eigenvalue weighted by Gasteiger charge is 2.35. The first kappa shape index (κ1) is 11.7. The van der Waals surface area contributed by atoms with E-state index < -0.39 is 35.3 Å².